The van der Waals surface area contributed by atoms with E-state index < -0.39 is 5.60 Å². The molecule has 1 aromatic rings. The van der Waals surface area contributed by atoms with Gasteiger partial charge in [0.15, 0.2) is 0 Å². The molecule has 0 unspecified atom stereocenters. The van der Waals surface area contributed by atoms with Gasteiger partial charge in [0.05, 0.1) is 58.4 Å². The number of ether oxygens (including phenoxy) is 6. The van der Waals surface area contributed by atoms with Crippen LogP contribution in [0.1, 0.15) is 50.9 Å². The largest absolute Gasteiger partial charge is 0.460 e. The van der Waals surface area contributed by atoms with Gasteiger partial charge in [0.2, 0.25) is 0 Å². The average molecular weight is 527 g/mol. The Balaban J connectivity index is 1.90. The number of unbranched alkanes of at least 4 members (excludes halogenated alkanes) is 1. The summed E-state index contributed by atoms with van der Waals surface area (Å²) in [6.07, 6.45) is 1.87. The van der Waals surface area contributed by atoms with Crippen molar-refractivity contribution >= 4 is 17.7 Å². The summed E-state index contributed by atoms with van der Waals surface area (Å²) >= 11 is 0. The Labute approximate surface area is 221 Å². The van der Waals surface area contributed by atoms with Crippen molar-refractivity contribution in [3.8, 4) is 0 Å². The maximum Gasteiger partial charge on any atom is 0.410 e. The Kier molecular flexibility index (Phi) is 17.4. The van der Waals surface area contributed by atoms with Crippen molar-refractivity contribution in [1.82, 2.24) is 4.90 Å². The minimum atomic E-state index is -0.512. The lowest BCUT2D eigenvalue weighted by molar-refractivity contribution is -0.0113. The number of hydrogen-bond acceptors (Lipinski definition) is 9. The van der Waals surface area contributed by atoms with E-state index in [9.17, 15) is 9.59 Å². The van der Waals surface area contributed by atoms with Gasteiger partial charge in [0.1, 0.15) is 12.2 Å². The molecule has 1 amide bonds. The van der Waals surface area contributed by atoms with E-state index in [2.05, 4.69) is 12.2 Å². The van der Waals surface area contributed by atoms with E-state index in [-0.39, 0.29) is 18.7 Å². The van der Waals surface area contributed by atoms with E-state index in [0.717, 1.165) is 25.1 Å². The molecule has 0 saturated heterocycles. The topological polar surface area (TPSA) is 105 Å². The van der Waals surface area contributed by atoms with E-state index >= 15 is 0 Å². The number of anilines is 1. The van der Waals surface area contributed by atoms with E-state index in [1.807, 2.05) is 32.9 Å². The summed E-state index contributed by atoms with van der Waals surface area (Å²) in [4.78, 5) is 25.4. The lowest BCUT2D eigenvalue weighted by atomic mass is 10.2. The summed E-state index contributed by atoms with van der Waals surface area (Å²) in [5.74, 6) is -0.365. The molecule has 0 spiro atoms. The second-order valence-corrected chi connectivity index (χ2v) is 9.34. The molecule has 0 radical (unpaired) electrons. The standard InChI is InChI=1S/C27H46N2O8/c1-6-7-12-28-24-10-8-23(9-11-24)25(30)36-22-21-35-20-19-34-18-17-33-16-15-32-14-13-29(5)26(31)37-27(2,3)4/h8-11,28H,6-7,12-22H2,1-5H3. The minimum Gasteiger partial charge on any atom is -0.460 e. The van der Waals surface area contributed by atoms with Crippen LogP contribution in [0.3, 0.4) is 0 Å². The lowest BCUT2D eigenvalue weighted by Crippen LogP contribution is -2.36. The first-order valence-electron chi connectivity index (χ1n) is 13.0. The molecule has 212 valence electrons. The zero-order chi connectivity index (χ0) is 27.4. The van der Waals surface area contributed by atoms with Gasteiger partial charge in [0.25, 0.3) is 0 Å². The fraction of sp³-hybridized carbons (Fsp3) is 0.704. The minimum absolute atomic E-state index is 0.187. The normalized spacial score (nSPS) is 11.3. The van der Waals surface area contributed by atoms with Gasteiger partial charge in [-0.25, -0.2) is 9.59 Å². The number of esters is 1. The first-order chi connectivity index (χ1) is 17.7. The zero-order valence-corrected chi connectivity index (χ0v) is 23.2. The van der Waals surface area contributed by atoms with Gasteiger partial charge in [-0.3, -0.25) is 0 Å². The Bertz CT molecular complexity index is 737. The van der Waals surface area contributed by atoms with Gasteiger partial charge >= 0.3 is 12.1 Å². The molecule has 0 saturated carbocycles. The molecule has 0 aliphatic heterocycles. The molecule has 0 bridgehead atoms. The predicted octanol–water partition coefficient (Wildman–Crippen LogP) is 3.99. The van der Waals surface area contributed by atoms with Crippen LogP contribution in [-0.4, -0.2) is 102 Å². The molecule has 1 rings (SSSR count). The number of carbonyl (C=O) groups is 2. The number of likely N-dealkylation sites (N-methyl/N-ethyl adjacent to an activating group) is 1. The molecule has 37 heavy (non-hydrogen) atoms. The third-order valence-electron chi connectivity index (χ3n) is 4.83. The highest BCUT2D eigenvalue weighted by Crippen LogP contribution is 2.11. The fourth-order valence-electron chi connectivity index (χ4n) is 2.80. The molecule has 1 N–H and O–H groups in total. The fourth-order valence-corrected chi connectivity index (χ4v) is 2.80. The zero-order valence-electron chi connectivity index (χ0n) is 23.2. The molecule has 0 aliphatic rings. The monoisotopic (exact) mass is 526 g/mol. The van der Waals surface area contributed by atoms with Gasteiger partial charge in [-0.1, -0.05) is 13.3 Å². The third kappa shape index (κ3) is 17.6. The highest BCUT2D eigenvalue weighted by molar-refractivity contribution is 5.89. The molecule has 1 aromatic carbocycles. The molecule has 0 atom stereocenters. The Morgan fingerprint density at radius 3 is 1.84 bits per heavy atom. The number of hydrogen-bond donors (Lipinski definition) is 1. The van der Waals surface area contributed by atoms with Gasteiger partial charge in [0, 0.05) is 25.8 Å². The first kappa shape index (κ1) is 32.6. The number of rotatable bonds is 20. The van der Waals surface area contributed by atoms with Gasteiger partial charge in [-0.2, -0.15) is 0 Å². The van der Waals surface area contributed by atoms with E-state index in [4.69, 9.17) is 28.4 Å². The van der Waals surface area contributed by atoms with Crippen molar-refractivity contribution in [2.45, 2.75) is 46.1 Å². The number of nitrogens with zero attached hydrogens (tertiary/aromatic N) is 1. The summed E-state index contributed by atoms with van der Waals surface area (Å²) in [6.45, 7) is 12.5. The highest BCUT2D eigenvalue weighted by Gasteiger charge is 2.19. The summed E-state index contributed by atoms with van der Waals surface area (Å²) < 4.78 is 32.3. The Morgan fingerprint density at radius 1 is 0.811 bits per heavy atom. The Morgan fingerprint density at radius 2 is 1.32 bits per heavy atom. The SMILES string of the molecule is CCCCNc1ccc(C(=O)OCCOCCOCCOCCOCCN(C)C(=O)OC(C)(C)C)cc1. The van der Waals surface area contributed by atoms with Crippen LogP contribution in [0.2, 0.25) is 0 Å². The summed E-state index contributed by atoms with van der Waals surface area (Å²) in [5, 5.41) is 3.31. The number of amides is 1. The first-order valence-corrected chi connectivity index (χ1v) is 13.0. The van der Waals surface area contributed by atoms with Crippen LogP contribution in [0.4, 0.5) is 10.5 Å². The van der Waals surface area contributed by atoms with Crippen LogP contribution < -0.4 is 5.32 Å². The van der Waals surface area contributed by atoms with Crippen molar-refractivity contribution in [2.75, 3.05) is 84.9 Å². The molecule has 0 aromatic heterocycles. The second-order valence-electron chi connectivity index (χ2n) is 9.34. The van der Waals surface area contributed by atoms with Crippen molar-refractivity contribution < 1.29 is 38.0 Å². The second kappa shape index (κ2) is 19.7. The maximum atomic E-state index is 12.1. The van der Waals surface area contributed by atoms with E-state index in [0.29, 0.717) is 65.0 Å². The molecule has 0 heterocycles. The van der Waals surface area contributed by atoms with Crippen LogP contribution in [-0.2, 0) is 28.4 Å². The molecule has 0 aliphatic carbocycles. The van der Waals surface area contributed by atoms with E-state index in [1.54, 1.807) is 19.2 Å². The molecule has 0 fully saturated rings. The molecular weight excluding hydrogens is 480 g/mol. The van der Waals surface area contributed by atoms with Crippen molar-refractivity contribution in [1.29, 1.82) is 0 Å². The summed E-state index contributed by atoms with van der Waals surface area (Å²) in [6, 6.07) is 7.27. The van der Waals surface area contributed by atoms with Crippen molar-refractivity contribution in [3.05, 3.63) is 29.8 Å². The van der Waals surface area contributed by atoms with Crippen LogP contribution in [0.25, 0.3) is 0 Å². The summed E-state index contributed by atoms with van der Waals surface area (Å²) in [7, 11) is 1.68. The van der Waals surface area contributed by atoms with E-state index in [1.165, 1.54) is 4.90 Å². The van der Waals surface area contributed by atoms with Crippen LogP contribution in [0.5, 0.6) is 0 Å². The highest BCUT2D eigenvalue weighted by atomic mass is 16.6. The van der Waals surface area contributed by atoms with Crippen LogP contribution >= 0.6 is 0 Å². The predicted molar refractivity (Wildman–Crippen MR) is 142 cm³/mol. The quantitative estimate of drug-likeness (QED) is 0.199. The smallest absolute Gasteiger partial charge is 0.410 e. The summed E-state index contributed by atoms with van der Waals surface area (Å²) in [5.41, 5.74) is 0.998. The lowest BCUT2D eigenvalue weighted by Gasteiger charge is -2.24. The van der Waals surface area contributed by atoms with Crippen LogP contribution in [0.15, 0.2) is 24.3 Å². The number of nitrogens with one attached hydrogen (secondary N) is 1. The van der Waals surface area contributed by atoms with Crippen molar-refractivity contribution in [2.24, 2.45) is 0 Å². The number of benzene rings is 1. The van der Waals surface area contributed by atoms with Gasteiger partial charge in [-0.05, 0) is 51.5 Å². The van der Waals surface area contributed by atoms with Crippen LogP contribution in [0, 0.1) is 0 Å². The third-order valence-corrected chi connectivity index (χ3v) is 4.83. The molecule has 10 nitrogen and oxygen atoms in total. The average Bonchev–Trinajstić information content (AvgIpc) is 2.85. The number of carbonyl (C=O) groups excluding carboxylic acids is 2. The van der Waals surface area contributed by atoms with Gasteiger partial charge < -0.3 is 38.6 Å². The maximum absolute atomic E-state index is 12.1. The molecule has 10 heteroatoms. The van der Waals surface area contributed by atoms with Gasteiger partial charge in [-0.15, -0.1) is 0 Å². The Hall–Kier alpha value is -2.40. The molecular formula is C27H46N2O8. The van der Waals surface area contributed by atoms with Crippen molar-refractivity contribution in [3.63, 3.8) is 0 Å².